The number of Topliss-reactive ketones (excluding diaryl/α,β-unsaturated/α-hetero) is 1. The highest BCUT2D eigenvalue weighted by atomic mass is 32.2. The number of nitrogens with zero attached hydrogens (tertiary/aromatic N) is 1. The van der Waals surface area contributed by atoms with Crippen molar-refractivity contribution in [1.82, 2.24) is 0 Å². The monoisotopic (exact) mass is 494 g/mol. The molecule has 0 aromatic heterocycles. The zero-order chi connectivity index (χ0) is 25.4. The first kappa shape index (κ1) is 24.1. The second-order valence-corrected chi connectivity index (χ2v) is 10.3. The van der Waals surface area contributed by atoms with Crippen molar-refractivity contribution in [2.75, 3.05) is 11.2 Å². The number of rotatable bonds is 4. The van der Waals surface area contributed by atoms with Gasteiger partial charge in [0.15, 0.2) is 5.78 Å². The first-order chi connectivity index (χ1) is 17.4. The summed E-state index contributed by atoms with van der Waals surface area (Å²) in [5.41, 5.74) is 6.58. The van der Waals surface area contributed by atoms with Crippen molar-refractivity contribution < 1.29 is 9.90 Å². The molecule has 0 bridgehead atoms. The predicted molar refractivity (Wildman–Crippen MR) is 149 cm³/mol. The number of aliphatic hydroxyl groups excluding tert-OH is 1. The first-order valence-electron chi connectivity index (χ1n) is 12.3. The molecule has 1 aliphatic carbocycles. The average Bonchev–Trinajstić information content (AvgIpc) is 2.89. The molecule has 1 heterocycles. The minimum atomic E-state index is -0.502. The van der Waals surface area contributed by atoms with Gasteiger partial charge in [-0.1, -0.05) is 60.2 Å². The summed E-state index contributed by atoms with van der Waals surface area (Å²) in [5.74, 6) is -0.148. The van der Waals surface area contributed by atoms with E-state index < -0.39 is 5.92 Å². The van der Waals surface area contributed by atoms with E-state index in [2.05, 4.69) is 0 Å². The third-order valence-corrected chi connectivity index (χ3v) is 7.88. The molecule has 0 saturated heterocycles. The van der Waals surface area contributed by atoms with Gasteiger partial charge in [0.05, 0.1) is 5.69 Å². The Bertz CT molecular complexity index is 1400. The molecule has 0 saturated carbocycles. The SMILES string of the molecule is CSc1ccc([C@H]2C(=C(O)c3ccc(C)cc3)C(=N)N(c3ccccc3C)C3=C2C(=O)CCC3)cc1. The van der Waals surface area contributed by atoms with Gasteiger partial charge in [-0.3, -0.25) is 15.1 Å². The number of benzene rings is 3. The van der Waals surface area contributed by atoms with E-state index in [1.165, 1.54) is 0 Å². The standard InChI is InChI=1S/C31H30N2O2S/c1-19-11-13-22(14-12-19)30(35)29-27(21-15-17-23(36-3)18-16-21)28-25(9-6-10-26(28)34)33(31(29)32)24-8-5-4-7-20(24)2/h4-5,7-8,11-18,27,32,35H,6,9-10H2,1-3H3/t27-/m1/s1. The van der Waals surface area contributed by atoms with Crippen molar-refractivity contribution in [1.29, 1.82) is 5.41 Å². The van der Waals surface area contributed by atoms with Crippen molar-refractivity contribution in [3.05, 3.63) is 112 Å². The second kappa shape index (κ2) is 9.82. The summed E-state index contributed by atoms with van der Waals surface area (Å²) >= 11 is 1.66. The van der Waals surface area contributed by atoms with Crippen LogP contribution in [0, 0.1) is 19.3 Å². The molecular weight excluding hydrogens is 464 g/mol. The average molecular weight is 495 g/mol. The third kappa shape index (κ3) is 4.18. The van der Waals surface area contributed by atoms with Crippen LogP contribution in [0.25, 0.3) is 5.76 Å². The van der Waals surface area contributed by atoms with E-state index in [0.717, 1.165) is 45.8 Å². The maximum absolute atomic E-state index is 13.6. The van der Waals surface area contributed by atoms with Crippen LogP contribution in [0.3, 0.4) is 0 Å². The highest BCUT2D eigenvalue weighted by molar-refractivity contribution is 7.98. The maximum atomic E-state index is 13.6. The van der Waals surface area contributed by atoms with Gasteiger partial charge in [-0.15, -0.1) is 11.8 Å². The summed E-state index contributed by atoms with van der Waals surface area (Å²) in [7, 11) is 0. The number of thioether (sulfide) groups is 1. The molecule has 1 atom stereocenters. The van der Waals surface area contributed by atoms with Crippen LogP contribution in [-0.4, -0.2) is 23.0 Å². The van der Waals surface area contributed by atoms with Crippen molar-refractivity contribution in [2.24, 2.45) is 0 Å². The molecule has 0 unspecified atom stereocenters. The number of carbonyl (C=O) groups is 1. The summed E-state index contributed by atoms with van der Waals surface area (Å²) in [6.07, 6.45) is 3.99. The number of hydrogen-bond acceptors (Lipinski definition) is 4. The Morgan fingerprint density at radius 2 is 1.67 bits per heavy atom. The van der Waals surface area contributed by atoms with E-state index in [1.54, 1.807) is 11.8 Å². The second-order valence-electron chi connectivity index (χ2n) is 9.44. The summed E-state index contributed by atoms with van der Waals surface area (Å²) in [4.78, 5) is 16.6. The van der Waals surface area contributed by atoms with Crippen molar-refractivity contribution >= 4 is 34.8 Å². The van der Waals surface area contributed by atoms with E-state index in [4.69, 9.17) is 0 Å². The lowest BCUT2D eigenvalue weighted by Gasteiger charge is -2.42. The van der Waals surface area contributed by atoms with Gasteiger partial charge in [0.2, 0.25) is 0 Å². The smallest absolute Gasteiger partial charge is 0.161 e. The summed E-state index contributed by atoms with van der Waals surface area (Å²) in [5, 5.41) is 21.2. The summed E-state index contributed by atoms with van der Waals surface area (Å²) in [6, 6.07) is 23.8. The predicted octanol–water partition coefficient (Wildman–Crippen LogP) is 7.58. The Kier molecular flexibility index (Phi) is 6.59. The topological polar surface area (TPSA) is 64.4 Å². The highest BCUT2D eigenvalue weighted by Crippen LogP contribution is 2.48. The lowest BCUT2D eigenvalue weighted by Crippen LogP contribution is -2.42. The summed E-state index contributed by atoms with van der Waals surface area (Å²) in [6.45, 7) is 4.02. The number of para-hydroxylation sites is 1. The molecule has 3 aromatic rings. The lowest BCUT2D eigenvalue weighted by molar-refractivity contribution is -0.116. The fraction of sp³-hybridized carbons (Fsp3) is 0.226. The van der Waals surface area contributed by atoms with Gasteiger partial charge < -0.3 is 5.11 Å². The number of hydrogen-bond donors (Lipinski definition) is 2. The van der Waals surface area contributed by atoms with Crippen LogP contribution in [-0.2, 0) is 4.79 Å². The van der Waals surface area contributed by atoms with Crippen LogP contribution >= 0.6 is 11.8 Å². The van der Waals surface area contributed by atoms with Crippen molar-refractivity contribution in [2.45, 2.75) is 43.9 Å². The lowest BCUT2D eigenvalue weighted by atomic mass is 9.73. The number of aliphatic hydroxyl groups is 1. The van der Waals surface area contributed by atoms with Gasteiger partial charge in [-0.05, 0) is 62.3 Å². The van der Waals surface area contributed by atoms with Crippen LogP contribution in [0.2, 0.25) is 0 Å². The number of carbonyl (C=O) groups excluding carboxylic acids is 1. The Labute approximate surface area is 216 Å². The normalized spacial score (nSPS) is 19.4. The molecule has 3 aromatic carbocycles. The Hall–Kier alpha value is -3.57. The molecule has 0 spiro atoms. The van der Waals surface area contributed by atoms with E-state index in [9.17, 15) is 15.3 Å². The van der Waals surface area contributed by atoms with Crippen LogP contribution in [0.4, 0.5) is 5.69 Å². The van der Waals surface area contributed by atoms with Crippen LogP contribution < -0.4 is 4.90 Å². The highest BCUT2D eigenvalue weighted by Gasteiger charge is 2.43. The number of amidine groups is 1. The van der Waals surface area contributed by atoms with E-state index >= 15 is 0 Å². The summed E-state index contributed by atoms with van der Waals surface area (Å²) < 4.78 is 0. The fourth-order valence-corrected chi connectivity index (χ4v) is 5.68. The molecule has 36 heavy (non-hydrogen) atoms. The van der Waals surface area contributed by atoms with E-state index in [0.29, 0.717) is 23.1 Å². The molecule has 5 rings (SSSR count). The Balaban J connectivity index is 1.82. The van der Waals surface area contributed by atoms with Gasteiger partial charge in [-0.2, -0.15) is 0 Å². The fourth-order valence-electron chi connectivity index (χ4n) is 5.27. The van der Waals surface area contributed by atoms with Crippen LogP contribution in [0.5, 0.6) is 0 Å². The van der Waals surface area contributed by atoms with Gasteiger partial charge >= 0.3 is 0 Å². The van der Waals surface area contributed by atoms with Crippen molar-refractivity contribution in [3.8, 4) is 0 Å². The first-order valence-corrected chi connectivity index (χ1v) is 13.5. The van der Waals surface area contributed by atoms with E-state index in [-0.39, 0.29) is 17.4 Å². The zero-order valence-electron chi connectivity index (χ0n) is 20.8. The largest absolute Gasteiger partial charge is 0.507 e. The molecule has 0 radical (unpaired) electrons. The number of aryl methyl sites for hydroxylation is 2. The van der Waals surface area contributed by atoms with Gasteiger partial charge in [-0.25, -0.2) is 0 Å². The molecule has 2 N–H and O–H groups in total. The quantitative estimate of drug-likeness (QED) is 0.290. The Morgan fingerprint density at radius 1 is 0.972 bits per heavy atom. The minimum absolute atomic E-state index is 0.0439. The van der Waals surface area contributed by atoms with Crippen molar-refractivity contribution in [3.63, 3.8) is 0 Å². The molecular formula is C31H30N2O2S. The molecule has 5 heteroatoms. The van der Waals surface area contributed by atoms with Gasteiger partial charge in [0.1, 0.15) is 11.6 Å². The maximum Gasteiger partial charge on any atom is 0.161 e. The number of ketones is 1. The van der Waals surface area contributed by atoms with Gasteiger partial charge in [0.25, 0.3) is 0 Å². The molecule has 4 nitrogen and oxygen atoms in total. The molecule has 2 aliphatic rings. The Morgan fingerprint density at radius 3 is 2.33 bits per heavy atom. The van der Waals surface area contributed by atoms with Crippen LogP contribution in [0.15, 0.2) is 94.5 Å². The van der Waals surface area contributed by atoms with Crippen LogP contribution in [0.1, 0.15) is 47.4 Å². The number of allylic oxidation sites excluding steroid dienone is 2. The molecule has 0 amide bonds. The third-order valence-electron chi connectivity index (χ3n) is 7.14. The minimum Gasteiger partial charge on any atom is -0.507 e. The zero-order valence-corrected chi connectivity index (χ0v) is 21.7. The number of anilines is 1. The number of nitrogens with one attached hydrogen (secondary N) is 1. The van der Waals surface area contributed by atoms with Gasteiger partial charge in [0, 0.05) is 39.6 Å². The molecule has 1 aliphatic heterocycles. The molecule has 0 fully saturated rings. The molecule has 182 valence electrons. The van der Waals surface area contributed by atoms with E-state index in [1.807, 2.05) is 97.8 Å².